The predicted molar refractivity (Wildman–Crippen MR) is 49.4 cm³/mol. The molecule has 0 radical (unpaired) electrons. The largest absolute Gasteiger partial charge is 0.462 e. The van der Waals surface area contributed by atoms with E-state index in [4.69, 9.17) is 4.74 Å². The Morgan fingerprint density at radius 1 is 1.40 bits per heavy atom. The highest BCUT2D eigenvalue weighted by Gasteiger charge is 2.27. The van der Waals surface area contributed by atoms with Gasteiger partial charge in [-0.2, -0.15) is 13.2 Å². The van der Waals surface area contributed by atoms with Gasteiger partial charge in [-0.3, -0.25) is 9.69 Å². The standard InChI is InChI=1S/C9H16F3NO2/c1-7(2)15-8(14)6-13(3)5-4-9(10,11)12/h7H,4-6H2,1-3H3. The lowest BCUT2D eigenvalue weighted by Gasteiger charge is -2.17. The van der Waals surface area contributed by atoms with Crippen molar-refractivity contribution in [1.82, 2.24) is 4.90 Å². The quantitative estimate of drug-likeness (QED) is 0.671. The van der Waals surface area contributed by atoms with Crippen molar-refractivity contribution in [3.63, 3.8) is 0 Å². The molecule has 0 saturated carbocycles. The van der Waals surface area contributed by atoms with Gasteiger partial charge in [0.1, 0.15) is 0 Å². The summed E-state index contributed by atoms with van der Waals surface area (Å²) in [6.07, 6.45) is -5.34. The number of carbonyl (C=O) groups is 1. The van der Waals surface area contributed by atoms with E-state index in [1.54, 1.807) is 13.8 Å². The van der Waals surface area contributed by atoms with Gasteiger partial charge in [0.15, 0.2) is 0 Å². The van der Waals surface area contributed by atoms with E-state index in [9.17, 15) is 18.0 Å². The molecule has 0 atom stereocenters. The summed E-state index contributed by atoms with van der Waals surface area (Å²) >= 11 is 0. The van der Waals surface area contributed by atoms with E-state index in [0.717, 1.165) is 0 Å². The molecule has 15 heavy (non-hydrogen) atoms. The zero-order valence-corrected chi connectivity index (χ0v) is 9.10. The highest BCUT2D eigenvalue weighted by molar-refractivity contribution is 5.71. The monoisotopic (exact) mass is 227 g/mol. The molecule has 0 aromatic rings. The van der Waals surface area contributed by atoms with E-state index in [1.165, 1.54) is 11.9 Å². The molecule has 0 spiro atoms. The lowest BCUT2D eigenvalue weighted by Crippen LogP contribution is -2.31. The molecule has 0 heterocycles. The molecule has 0 rings (SSSR count). The topological polar surface area (TPSA) is 29.5 Å². The fraction of sp³-hybridized carbons (Fsp3) is 0.889. The average molecular weight is 227 g/mol. The van der Waals surface area contributed by atoms with Crippen LogP contribution in [0.1, 0.15) is 20.3 Å². The average Bonchev–Trinajstić information content (AvgIpc) is 1.97. The summed E-state index contributed by atoms with van der Waals surface area (Å²) in [6.45, 7) is 3.06. The van der Waals surface area contributed by atoms with Crippen LogP contribution in [0.4, 0.5) is 13.2 Å². The van der Waals surface area contributed by atoms with Crippen molar-refractivity contribution < 1.29 is 22.7 Å². The number of likely N-dealkylation sites (N-methyl/N-ethyl adjacent to an activating group) is 1. The van der Waals surface area contributed by atoms with Gasteiger partial charge in [0.25, 0.3) is 0 Å². The van der Waals surface area contributed by atoms with Crippen LogP contribution in [0.5, 0.6) is 0 Å². The van der Waals surface area contributed by atoms with Gasteiger partial charge < -0.3 is 4.74 Å². The molecule has 0 unspecified atom stereocenters. The first kappa shape index (κ1) is 14.2. The normalized spacial score (nSPS) is 12.3. The van der Waals surface area contributed by atoms with Crippen LogP contribution in [-0.2, 0) is 9.53 Å². The number of hydrogen-bond acceptors (Lipinski definition) is 3. The lowest BCUT2D eigenvalue weighted by molar-refractivity contribution is -0.151. The van der Waals surface area contributed by atoms with E-state index in [1.807, 2.05) is 0 Å². The van der Waals surface area contributed by atoms with Gasteiger partial charge in [-0.05, 0) is 20.9 Å². The minimum absolute atomic E-state index is 0.117. The van der Waals surface area contributed by atoms with Crippen molar-refractivity contribution in [3.8, 4) is 0 Å². The lowest BCUT2D eigenvalue weighted by atomic mass is 10.4. The molecule has 0 aromatic heterocycles. The number of nitrogens with zero attached hydrogens (tertiary/aromatic N) is 1. The minimum Gasteiger partial charge on any atom is -0.462 e. The molecule has 0 amide bonds. The number of rotatable bonds is 5. The van der Waals surface area contributed by atoms with Crippen molar-refractivity contribution in [1.29, 1.82) is 0 Å². The molecule has 0 aliphatic carbocycles. The molecule has 0 fully saturated rings. The van der Waals surface area contributed by atoms with Gasteiger partial charge in [0.2, 0.25) is 0 Å². The fourth-order valence-corrected chi connectivity index (χ4v) is 0.917. The summed E-state index contributed by atoms with van der Waals surface area (Å²) in [7, 11) is 1.45. The number of carbonyl (C=O) groups excluding carboxylic acids is 1. The van der Waals surface area contributed by atoms with Gasteiger partial charge >= 0.3 is 12.1 Å². The summed E-state index contributed by atoms with van der Waals surface area (Å²) in [5, 5.41) is 0. The molecule has 0 N–H and O–H groups in total. The number of ether oxygens (including phenoxy) is 1. The van der Waals surface area contributed by atoms with E-state index in [0.29, 0.717) is 0 Å². The highest BCUT2D eigenvalue weighted by Crippen LogP contribution is 2.19. The van der Waals surface area contributed by atoms with Gasteiger partial charge in [-0.15, -0.1) is 0 Å². The Bertz CT molecular complexity index is 204. The van der Waals surface area contributed by atoms with Crippen molar-refractivity contribution in [3.05, 3.63) is 0 Å². The van der Waals surface area contributed by atoms with E-state index >= 15 is 0 Å². The third-order valence-electron chi connectivity index (χ3n) is 1.54. The zero-order valence-electron chi connectivity index (χ0n) is 9.10. The molecular weight excluding hydrogens is 211 g/mol. The van der Waals surface area contributed by atoms with Crippen LogP contribution in [0.15, 0.2) is 0 Å². The van der Waals surface area contributed by atoms with Gasteiger partial charge in [0.05, 0.1) is 19.1 Å². The molecule has 0 bridgehead atoms. The number of hydrogen-bond donors (Lipinski definition) is 0. The molecule has 0 aliphatic heterocycles. The molecule has 3 nitrogen and oxygen atoms in total. The second kappa shape index (κ2) is 5.95. The summed E-state index contributed by atoms with van der Waals surface area (Å²) in [5.41, 5.74) is 0. The first-order chi connectivity index (χ1) is 6.70. The maximum atomic E-state index is 11.8. The van der Waals surface area contributed by atoms with Crippen molar-refractivity contribution >= 4 is 5.97 Å². The van der Waals surface area contributed by atoms with Crippen molar-refractivity contribution in [2.45, 2.75) is 32.5 Å². The summed E-state index contributed by atoms with van der Waals surface area (Å²) in [4.78, 5) is 12.3. The number of alkyl halides is 3. The van der Waals surface area contributed by atoms with Crippen LogP contribution >= 0.6 is 0 Å². The second-order valence-corrected chi connectivity index (χ2v) is 3.64. The molecule has 0 aliphatic rings. The SMILES string of the molecule is CC(C)OC(=O)CN(C)CCC(F)(F)F. The van der Waals surface area contributed by atoms with E-state index in [-0.39, 0.29) is 19.2 Å². The Kier molecular flexibility index (Phi) is 5.64. The van der Waals surface area contributed by atoms with Crippen molar-refractivity contribution in [2.24, 2.45) is 0 Å². The van der Waals surface area contributed by atoms with Crippen LogP contribution in [0.3, 0.4) is 0 Å². The Morgan fingerprint density at radius 3 is 2.33 bits per heavy atom. The Hall–Kier alpha value is -0.780. The van der Waals surface area contributed by atoms with Crippen molar-refractivity contribution in [2.75, 3.05) is 20.1 Å². The molecule has 90 valence electrons. The first-order valence-corrected chi connectivity index (χ1v) is 4.65. The molecule has 0 saturated heterocycles. The van der Waals surface area contributed by atoms with Crippen LogP contribution in [-0.4, -0.2) is 43.3 Å². The third kappa shape index (κ3) is 9.52. The smallest absolute Gasteiger partial charge is 0.390 e. The van der Waals surface area contributed by atoms with Crippen LogP contribution in [0.25, 0.3) is 0 Å². The molecular formula is C9H16F3NO2. The van der Waals surface area contributed by atoms with Crippen LogP contribution < -0.4 is 0 Å². The van der Waals surface area contributed by atoms with E-state index < -0.39 is 18.6 Å². The molecule has 0 aromatic carbocycles. The maximum absolute atomic E-state index is 11.8. The summed E-state index contributed by atoms with van der Waals surface area (Å²) < 4.78 is 40.3. The second-order valence-electron chi connectivity index (χ2n) is 3.64. The summed E-state index contributed by atoms with van der Waals surface area (Å²) in [6, 6.07) is 0. The van der Waals surface area contributed by atoms with Gasteiger partial charge in [-0.1, -0.05) is 0 Å². The Labute approximate surface area is 87.2 Å². The summed E-state index contributed by atoms with van der Waals surface area (Å²) in [5.74, 6) is -0.505. The zero-order chi connectivity index (χ0) is 12.1. The number of esters is 1. The third-order valence-corrected chi connectivity index (χ3v) is 1.54. The molecule has 6 heteroatoms. The number of halogens is 3. The maximum Gasteiger partial charge on any atom is 0.390 e. The van der Waals surface area contributed by atoms with Gasteiger partial charge in [0, 0.05) is 6.54 Å². The van der Waals surface area contributed by atoms with Crippen LogP contribution in [0.2, 0.25) is 0 Å². The minimum atomic E-state index is -4.18. The first-order valence-electron chi connectivity index (χ1n) is 4.65. The Balaban J connectivity index is 3.74. The highest BCUT2D eigenvalue weighted by atomic mass is 19.4. The van der Waals surface area contributed by atoms with E-state index in [2.05, 4.69) is 0 Å². The fourth-order valence-electron chi connectivity index (χ4n) is 0.917. The Morgan fingerprint density at radius 2 is 1.93 bits per heavy atom. The predicted octanol–water partition coefficient (Wildman–Crippen LogP) is 1.82. The van der Waals surface area contributed by atoms with Crippen LogP contribution in [0, 0.1) is 0 Å². The van der Waals surface area contributed by atoms with Gasteiger partial charge in [-0.25, -0.2) is 0 Å².